The average Bonchev–Trinajstić information content (AvgIpc) is 3.45. The number of hydrogen-bond donors (Lipinski definition) is 2. The van der Waals surface area contributed by atoms with Gasteiger partial charge in [-0.2, -0.15) is 0 Å². The highest BCUT2D eigenvalue weighted by Crippen LogP contribution is 2.38. The molecule has 32 heavy (non-hydrogen) atoms. The maximum Gasteiger partial charge on any atom is 0.244 e. The fraction of sp³-hybridized carbons (Fsp3) is 0.435. The molecule has 4 atom stereocenters. The lowest BCUT2D eigenvalue weighted by Gasteiger charge is -2.19. The number of carbonyl (C=O) groups excluding carboxylic acids is 1. The zero-order valence-electron chi connectivity index (χ0n) is 18.9. The van der Waals surface area contributed by atoms with E-state index < -0.39 is 31.8 Å². The van der Waals surface area contributed by atoms with E-state index in [0.717, 1.165) is 5.56 Å². The van der Waals surface area contributed by atoms with E-state index in [4.69, 9.17) is 0 Å². The highest BCUT2D eigenvalue weighted by atomic mass is 32.2. The van der Waals surface area contributed by atoms with Crippen LogP contribution in [0.25, 0.3) is 0 Å². The van der Waals surface area contributed by atoms with Crippen molar-refractivity contribution < 1.29 is 17.4 Å². The van der Waals surface area contributed by atoms with Crippen molar-refractivity contribution in [3.8, 4) is 0 Å². The molecular weight excluding hydrogens is 446 g/mol. The molecule has 1 amide bonds. The molecule has 9 heteroatoms. The van der Waals surface area contributed by atoms with Crippen molar-refractivity contribution in [3.05, 3.63) is 60.2 Å². The normalized spacial score (nSPS) is 21.7. The van der Waals surface area contributed by atoms with Gasteiger partial charge in [-0.25, -0.2) is 21.7 Å². The number of sulfonamides is 1. The van der Waals surface area contributed by atoms with E-state index in [1.54, 1.807) is 40.7 Å². The third-order valence-corrected chi connectivity index (χ3v) is 8.61. The van der Waals surface area contributed by atoms with Crippen LogP contribution in [0.3, 0.4) is 0 Å². The highest BCUT2D eigenvalue weighted by Gasteiger charge is 2.57. The Kier molecular flexibility index (Phi) is 7.54. The van der Waals surface area contributed by atoms with Crippen molar-refractivity contribution in [1.82, 2.24) is 9.03 Å². The topological polar surface area (TPSA) is 95.3 Å². The van der Waals surface area contributed by atoms with Crippen LogP contribution < -0.4 is 10.0 Å². The van der Waals surface area contributed by atoms with Crippen molar-refractivity contribution in [2.45, 2.75) is 62.3 Å². The number of hydrogen-bond acceptors (Lipinski definition) is 4. The Bertz CT molecular complexity index is 1060. The van der Waals surface area contributed by atoms with Gasteiger partial charge in [0, 0.05) is 18.3 Å². The molecule has 0 bridgehead atoms. The SMILES string of the molecule is Cc1ccc(S(=O)(=O)NCCC[C@H]2[C@H](C(=O)Nc3ccccc3)N2S(=O)C(C)(C)C)cc1. The number of aryl methyl sites for hydroxylation is 1. The fourth-order valence-corrected chi connectivity index (χ4v) is 5.99. The van der Waals surface area contributed by atoms with Crippen LogP contribution in [0.1, 0.15) is 39.2 Å². The first-order valence-electron chi connectivity index (χ1n) is 10.6. The van der Waals surface area contributed by atoms with Crippen molar-refractivity contribution in [2.75, 3.05) is 11.9 Å². The molecule has 1 heterocycles. The number of nitrogens with zero attached hydrogens (tertiary/aromatic N) is 1. The molecule has 1 saturated heterocycles. The minimum atomic E-state index is -3.58. The van der Waals surface area contributed by atoms with E-state index in [0.29, 0.717) is 18.5 Å². The first-order chi connectivity index (χ1) is 15.0. The summed E-state index contributed by atoms with van der Waals surface area (Å²) in [7, 11) is -4.92. The van der Waals surface area contributed by atoms with Gasteiger partial charge in [0.1, 0.15) is 17.0 Å². The second-order valence-electron chi connectivity index (χ2n) is 8.94. The van der Waals surface area contributed by atoms with Crippen LogP contribution in [0.4, 0.5) is 5.69 Å². The Balaban J connectivity index is 1.59. The van der Waals surface area contributed by atoms with Gasteiger partial charge in [0.05, 0.1) is 9.64 Å². The molecule has 0 aromatic heterocycles. The van der Waals surface area contributed by atoms with Crippen LogP contribution >= 0.6 is 0 Å². The minimum absolute atomic E-state index is 0.192. The molecule has 0 radical (unpaired) electrons. The van der Waals surface area contributed by atoms with Gasteiger partial charge in [0.2, 0.25) is 15.9 Å². The molecule has 3 rings (SSSR count). The Morgan fingerprint density at radius 3 is 2.28 bits per heavy atom. The summed E-state index contributed by atoms with van der Waals surface area (Å²) >= 11 is 0. The maximum atomic E-state index is 13.0. The molecule has 174 valence electrons. The van der Waals surface area contributed by atoms with Crippen LogP contribution in [-0.4, -0.2) is 46.2 Å². The van der Waals surface area contributed by atoms with Crippen molar-refractivity contribution >= 4 is 32.6 Å². The molecule has 0 aliphatic carbocycles. The molecule has 0 spiro atoms. The maximum absolute atomic E-state index is 13.0. The lowest BCUT2D eigenvalue weighted by atomic mass is 10.2. The number of rotatable bonds is 9. The van der Waals surface area contributed by atoms with E-state index in [2.05, 4.69) is 10.0 Å². The number of para-hydroxylation sites is 1. The predicted molar refractivity (Wildman–Crippen MR) is 128 cm³/mol. The van der Waals surface area contributed by atoms with Gasteiger partial charge in [-0.15, -0.1) is 0 Å². The monoisotopic (exact) mass is 477 g/mol. The molecule has 2 aromatic carbocycles. The zero-order valence-corrected chi connectivity index (χ0v) is 20.5. The van der Waals surface area contributed by atoms with Crippen LogP contribution in [0.5, 0.6) is 0 Å². The van der Waals surface area contributed by atoms with Crippen molar-refractivity contribution in [3.63, 3.8) is 0 Å². The van der Waals surface area contributed by atoms with E-state index >= 15 is 0 Å². The first kappa shape index (κ1) is 24.6. The van der Waals surface area contributed by atoms with Gasteiger partial charge in [0.15, 0.2) is 0 Å². The molecule has 1 fully saturated rings. The predicted octanol–water partition coefficient (Wildman–Crippen LogP) is 3.21. The summed E-state index contributed by atoms with van der Waals surface area (Å²) in [4.78, 5) is 13.1. The van der Waals surface area contributed by atoms with Crippen LogP contribution in [0, 0.1) is 6.92 Å². The second kappa shape index (κ2) is 9.82. The quantitative estimate of drug-likeness (QED) is 0.428. The number of carbonyl (C=O) groups is 1. The fourth-order valence-electron chi connectivity index (χ4n) is 3.43. The largest absolute Gasteiger partial charge is 0.325 e. The molecule has 7 nitrogen and oxygen atoms in total. The van der Waals surface area contributed by atoms with Crippen molar-refractivity contribution in [2.24, 2.45) is 0 Å². The minimum Gasteiger partial charge on any atom is -0.325 e. The molecule has 1 aliphatic heterocycles. The third kappa shape index (κ3) is 6.04. The Morgan fingerprint density at radius 2 is 1.69 bits per heavy atom. The first-order valence-corrected chi connectivity index (χ1v) is 13.2. The zero-order chi connectivity index (χ0) is 23.5. The third-order valence-electron chi connectivity index (χ3n) is 5.20. The van der Waals surface area contributed by atoms with Gasteiger partial charge in [-0.05, 0) is 64.8 Å². The lowest BCUT2D eigenvalue weighted by molar-refractivity contribution is -0.116. The number of anilines is 1. The van der Waals surface area contributed by atoms with Gasteiger partial charge < -0.3 is 5.32 Å². The van der Waals surface area contributed by atoms with Crippen LogP contribution in [0.2, 0.25) is 0 Å². The number of benzene rings is 2. The van der Waals surface area contributed by atoms with E-state index in [-0.39, 0.29) is 23.4 Å². The summed E-state index contributed by atoms with van der Waals surface area (Å²) in [6.07, 6.45) is 1.09. The van der Waals surface area contributed by atoms with Crippen molar-refractivity contribution in [1.29, 1.82) is 0 Å². The number of nitrogens with one attached hydrogen (secondary N) is 2. The van der Waals surface area contributed by atoms with Gasteiger partial charge in [-0.1, -0.05) is 35.9 Å². The highest BCUT2D eigenvalue weighted by molar-refractivity contribution is 7.89. The van der Waals surface area contributed by atoms with Gasteiger partial charge in [-0.3, -0.25) is 4.79 Å². The van der Waals surface area contributed by atoms with Gasteiger partial charge in [0.25, 0.3) is 0 Å². The Hall–Kier alpha value is -2.07. The molecule has 2 N–H and O–H groups in total. The summed E-state index contributed by atoms with van der Waals surface area (Å²) in [6.45, 7) is 7.77. The summed E-state index contributed by atoms with van der Waals surface area (Å²) in [6, 6.07) is 15.1. The van der Waals surface area contributed by atoms with E-state index in [9.17, 15) is 17.4 Å². The summed E-state index contributed by atoms with van der Waals surface area (Å²) < 4.78 is 41.7. The number of amides is 1. The van der Waals surface area contributed by atoms with Crippen LogP contribution in [0.15, 0.2) is 59.5 Å². The molecule has 2 aromatic rings. The molecule has 2 unspecified atom stereocenters. The Morgan fingerprint density at radius 1 is 1.06 bits per heavy atom. The van der Waals surface area contributed by atoms with E-state index in [1.807, 2.05) is 45.9 Å². The van der Waals surface area contributed by atoms with Gasteiger partial charge >= 0.3 is 0 Å². The molecule has 1 aliphatic rings. The van der Waals surface area contributed by atoms with E-state index in [1.165, 1.54) is 0 Å². The Labute approximate surface area is 193 Å². The molecule has 0 saturated carbocycles. The summed E-state index contributed by atoms with van der Waals surface area (Å²) in [5.41, 5.74) is 1.68. The lowest BCUT2D eigenvalue weighted by Crippen LogP contribution is -2.31. The smallest absolute Gasteiger partial charge is 0.244 e. The standard InChI is InChI=1S/C23H31N3O4S2/c1-17-12-14-19(15-13-17)32(29,30)24-16-8-11-20-21(26(20)31(28)23(2,3)4)22(27)25-18-9-6-5-7-10-18/h5-7,9-10,12-15,20-21,24H,8,11,16H2,1-4H3,(H,25,27)/t20-,21+,26?,31?/m0/s1. The van der Waals surface area contributed by atoms with Crippen LogP contribution in [-0.2, 0) is 25.8 Å². The summed E-state index contributed by atoms with van der Waals surface area (Å²) in [5, 5.41) is 2.88. The molecular formula is C23H31N3O4S2. The average molecular weight is 478 g/mol. The second-order valence-corrected chi connectivity index (χ2v) is 12.9. The summed E-state index contributed by atoms with van der Waals surface area (Å²) in [5.74, 6) is -0.195.